The summed E-state index contributed by atoms with van der Waals surface area (Å²) in [6.07, 6.45) is 14.7. The Hall–Kier alpha value is 0. The summed E-state index contributed by atoms with van der Waals surface area (Å²) in [6, 6.07) is 0. The van der Waals surface area contributed by atoms with Gasteiger partial charge in [-0.05, 0) is 30.6 Å². The Bertz CT molecular complexity index is 159. The van der Waals surface area contributed by atoms with E-state index in [0.29, 0.717) is 0 Å². The van der Waals surface area contributed by atoms with E-state index in [4.69, 9.17) is 0 Å². The highest BCUT2D eigenvalue weighted by Crippen LogP contribution is 2.43. The SMILES string of the molecule is CCCCCCCCC(C)C1CCC1CC. The van der Waals surface area contributed by atoms with Gasteiger partial charge in [0.2, 0.25) is 0 Å². The van der Waals surface area contributed by atoms with Crippen molar-refractivity contribution >= 4 is 0 Å². The molecule has 1 rings (SSSR count). The second-order valence-corrected chi connectivity index (χ2v) is 5.94. The second-order valence-electron chi connectivity index (χ2n) is 5.94. The van der Waals surface area contributed by atoms with Gasteiger partial charge in [-0.2, -0.15) is 0 Å². The lowest BCUT2D eigenvalue weighted by Crippen LogP contribution is -2.30. The highest BCUT2D eigenvalue weighted by atomic mass is 14.4. The summed E-state index contributed by atoms with van der Waals surface area (Å²) in [5, 5.41) is 0. The summed E-state index contributed by atoms with van der Waals surface area (Å²) in [7, 11) is 0. The van der Waals surface area contributed by atoms with E-state index >= 15 is 0 Å². The molecule has 0 saturated heterocycles. The molecule has 0 aromatic carbocycles. The molecule has 0 heterocycles. The number of rotatable bonds is 9. The van der Waals surface area contributed by atoms with Gasteiger partial charge in [-0.3, -0.25) is 0 Å². The fourth-order valence-corrected chi connectivity index (χ4v) is 3.31. The van der Waals surface area contributed by atoms with Gasteiger partial charge in [0, 0.05) is 0 Å². The van der Waals surface area contributed by atoms with E-state index in [2.05, 4.69) is 20.8 Å². The summed E-state index contributed by atoms with van der Waals surface area (Å²) >= 11 is 0. The van der Waals surface area contributed by atoms with Gasteiger partial charge in [0.05, 0.1) is 0 Å². The zero-order valence-electron chi connectivity index (χ0n) is 11.8. The van der Waals surface area contributed by atoms with Crippen LogP contribution in [0.1, 0.15) is 85.0 Å². The Labute approximate surface area is 103 Å². The lowest BCUT2D eigenvalue weighted by Gasteiger charge is -2.40. The normalized spacial score (nSPS) is 26.4. The summed E-state index contributed by atoms with van der Waals surface area (Å²) in [6.45, 7) is 7.16. The molecular weight excluding hydrogens is 192 g/mol. The standard InChI is InChI=1S/C16H32/c1-4-6-7-8-9-10-11-14(3)16-13-12-15(16)5-2/h14-16H,4-13H2,1-3H3. The topological polar surface area (TPSA) is 0 Å². The zero-order valence-corrected chi connectivity index (χ0v) is 11.8. The molecule has 0 aromatic heterocycles. The lowest BCUT2D eigenvalue weighted by molar-refractivity contribution is 0.102. The van der Waals surface area contributed by atoms with E-state index < -0.39 is 0 Å². The van der Waals surface area contributed by atoms with Crippen molar-refractivity contribution in [2.75, 3.05) is 0 Å². The maximum Gasteiger partial charge on any atom is -0.0360 e. The van der Waals surface area contributed by atoms with Crippen molar-refractivity contribution < 1.29 is 0 Å². The molecule has 0 bridgehead atoms. The first-order chi connectivity index (χ1) is 7.79. The third-order valence-corrected chi connectivity index (χ3v) is 4.74. The van der Waals surface area contributed by atoms with Gasteiger partial charge in [0.15, 0.2) is 0 Å². The van der Waals surface area contributed by atoms with Gasteiger partial charge in [-0.1, -0.05) is 72.1 Å². The number of unbranched alkanes of at least 4 members (excludes halogenated alkanes) is 5. The largest absolute Gasteiger partial charge is 0.0654 e. The Morgan fingerprint density at radius 3 is 2.19 bits per heavy atom. The molecule has 1 fully saturated rings. The van der Waals surface area contributed by atoms with Crippen LogP contribution in [-0.4, -0.2) is 0 Å². The highest BCUT2D eigenvalue weighted by molar-refractivity contribution is 4.83. The highest BCUT2D eigenvalue weighted by Gasteiger charge is 2.32. The van der Waals surface area contributed by atoms with Crippen molar-refractivity contribution in [2.24, 2.45) is 17.8 Å². The van der Waals surface area contributed by atoms with Crippen LogP contribution in [0.2, 0.25) is 0 Å². The molecule has 1 saturated carbocycles. The number of hydrogen-bond donors (Lipinski definition) is 0. The Kier molecular flexibility index (Phi) is 7.16. The molecule has 0 spiro atoms. The van der Waals surface area contributed by atoms with E-state index in [9.17, 15) is 0 Å². The van der Waals surface area contributed by atoms with E-state index in [-0.39, 0.29) is 0 Å². The molecule has 3 atom stereocenters. The first-order valence-corrected chi connectivity index (χ1v) is 7.79. The van der Waals surface area contributed by atoms with E-state index in [1.165, 1.54) is 64.2 Å². The van der Waals surface area contributed by atoms with E-state index in [0.717, 1.165) is 17.8 Å². The first-order valence-electron chi connectivity index (χ1n) is 7.79. The quantitative estimate of drug-likeness (QED) is 0.434. The van der Waals surface area contributed by atoms with Crippen molar-refractivity contribution in [3.63, 3.8) is 0 Å². The summed E-state index contributed by atoms with van der Waals surface area (Å²) in [5.74, 6) is 3.17. The van der Waals surface area contributed by atoms with Gasteiger partial charge in [0.1, 0.15) is 0 Å². The van der Waals surface area contributed by atoms with E-state index in [1.54, 1.807) is 0 Å². The molecule has 1 aliphatic rings. The Morgan fingerprint density at radius 2 is 1.62 bits per heavy atom. The van der Waals surface area contributed by atoms with Crippen LogP contribution >= 0.6 is 0 Å². The molecule has 0 nitrogen and oxygen atoms in total. The smallest absolute Gasteiger partial charge is 0.0360 e. The zero-order chi connectivity index (χ0) is 11.8. The van der Waals surface area contributed by atoms with Crippen LogP contribution in [-0.2, 0) is 0 Å². The molecule has 0 N–H and O–H groups in total. The molecule has 1 aliphatic carbocycles. The molecule has 0 radical (unpaired) electrons. The third kappa shape index (κ3) is 4.47. The summed E-state index contributed by atoms with van der Waals surface area (Å²) in [5.41, 5.74) is 0. The Morgan fingerprint density at radius 1 is 0.938 bits per heavy atom. The predicted octanol–water partition coefficient (Wildman–Crippen LogP) is 5.81. The lowest BCUT2D eigenvalue weighted by atomic mass is 9.65. The van der Waals surface area contributed by atoms with Crippen LogP contribution in [0.4, 0.5) is 0 Å². The van der Waals surface area contributed by atoms with Crippen LogP contribution in [0, 0.1) is 17.8 Å². The molecule has 0 aromatic rings. The van der Waals surface area contributed by atoms with E-state index in [1.807, 2.05) is 0 Å². The van der Waals surface area contributed by atoms with Crippen molar-refractivity contribution in [1.82, 2.24) is 0 Å². The second kappa shape index (κ2) is 8.14. The predicted molar refractivity (Wildman–Crippen MR) is 73.7 cm³/mol. The van der Waals surface area contributed by atoms with Crippen LogP contribution in [0.3, 0.4) is 0 Å². The molecule has 16 heavy (non-hydrogen) atoms. The van der Waals surface area contributed by atoms with Crippen molar-refractivity contribution in [3.05, 3.63) is 0 Å². The molecule has 0 aliphatic heterocycles. The maximum atomic E-state index is 2.50. The maximum absolute atomic E-state index is 2.50. The average Bonchev–Trinajstić information content (AvgIpc) is 2.22. The molecule has 3 unspecified atom stereocenters. The first kappa shape index (κ1) is 14.1. The molecule has 0 heteroatoms. The third-order valence-electron chi connectivity index (χ3n) is 4.74. The fraction of sp³-hybridized carbons (Fsp3) is 1.00. The Balaban J connectivity index is 1.96. The van der Waals surface area contributed by atoms with Gasteiger partial charge in [0.25, 0.3) is 0 Å². The minimum atomic E-state index is 1.00. The average molecular weight is 224 g/mol. The summed E-state index contributed by atoms with van der Waals surface area (Å²) < 4.78 is 0. The van der Waals surface area contributed by atoms with Gasteiger partial charge < -0.3 is 0 Å². The minimum Gasteiger partial charge on any atom is -0.0654 e. The van der Waals surface area contributed by atoms with Crippen molar-refractivity contribution in [2.45, 2.75) is 85.0 Å². The van der Waals surface area contributed by atoms with Crippen LogP contribution < -0.4 is 0 Å². The van der Waals surface area contributed by atoms with Crippen molar-refractivity contribution in [3.8, 4) is 0 Å². The minimum absolute atomic E-state index is 1.00. The van der Waals surface area contributed by atoms with Crippen molar-refractivity contribution in [1.29, 1.82) is 0 Å². The monoisotopic (exact) mass is 224 g/mol. The number of hydrogen-bond acceptors (Lipinski definition) is 0. The molecule has 96 valence electrons. The van der Waals surface area contributed by atoms with Crippen LogP contribution in [0.25, 0.3) is 0 Å². The fourth-order valence-electron chi connectivity index (χ4n) is 3.31. The van der Waals surface area contributed by atoms with Gasteiger partial charge in [-0.25, -0.2) is 0 Å². The van der Waals surface area contributed by atoms with Gasteiger partial charge >= 0.3 is 0 Å². The molecular formula is C16H32. The summed E-state index contributed by atoms with van der Waals surface area (Å²) in [4.78, 5) is 0. The van der Waals surface area contributed by atoms with Crippen LogP contribution in [0.5, 0.6) is 0 Å². The molecule has 0 amide bonds. The van der Waals surface area contributed by atoms with Crippen LogP contribution in [0.15, 0.2) is 0 Å². The van der Waals surface area contributed by atoms with Gasteiger partial charge in [-0.15, -0.1) is 0 Å².